The summed E-state index contributed by atoms with van der Waals surface area (Å²) in [4.78, 5) is 32.1. The molecule has 0 saturated heterocycles. The molecule has 0 aliphatic rings. The average molecular weight is 332 g/mol. The van der Waals surface area contributed by atoms with Gasteiger partial charge in [-0.05, 0) is 42.0 Å². The van der Waals surface area contributed by atoms with Crippen LogP contribution in [0.2, 0.25) is 0 Å². The van der Waals surface area contributed by atoms with Crippen molar-refractivity contribution < 1.29 is 9.59 Å². The van der Waals surface area contributed by atoms with Gasteiger partial charge in [0.1, 0.15) is 5.69 Å². The molecule has 0 unspecified atom stereocenters. The molecule has 0 radical (unpaired) electrons. The van der Waals surface area contributed by atoms with E-state index in [1.54, 1.807) is 48.8 Å². The largest absolute Gasteiger partial charge is 0.347 e. The Balaban J connectivity index is 1.62. The third-order valence-electron chi connectivity index (χ3n) is 3.46. The summed E-state index contributed by atoms with van der Waals surface area (Å²) < 4.78 is 0. The third-order valence-corrected chi connectivity index (χ3v) is 3.46. The predicted molar refractivity (Wildman–Crippen MR) is 94.0 cm³/mol. The van der Waals surface area contributed by atoms with E-state index < -0.39 is 0 Å². The molecule has 2 amide bonds. The zero-order valence-electron chi connectivity index (χ0n) is 13.3. The van der Waals surface area contributed by atoms with E-state index in [0.29, 0.717) is 23.5 Å². The van der Waals surface area contributed by atoms with Crippen molar-refractivity contribution in [3.63, 3.8) is 0 Å². The number of hydrogen-bond acceptors (Lipinski definition) is 4. The summed E-state index contributed by atoms with van der Waals surface area (Å²) in [6.45, 7) is 0.339. The number of benzene rings is 1. The minimum atomic E-state index is -0.245. The van der Waals surface area contributed by atoms with Crippen molar-refractivity contribution in [2.75, 3.05) is 5.32 Å². The minimum absolute atomic E-state index is 0.234. The van der Waals surface area contributed by atoms with E-state index >= 15 is 0 Å². The van der Waals surface area contributed by atoms with Crippen LogP contribution in [-0.2, 0) is 6.54 Å². The molecule has 0 bridgehead atoms. The monoisotopic (exact) mass is 332 g/mol. The first kappa shape index (κ1) is 16.3. The highest BCUT2D eigenvalue weighted by atomic mass is 16.2. The van der Waals surface area contributed by atoms with E-state index in [1.165, 1.54) is 6.20 Å². The van der Waals surface area contributed by atoms with Gasteiger partial charge in [0.2, 0.25) is 0 Å². The fourth-order valence-electron chi connectivity index (χ4n) is 2.23. The maximum Gasteiger partial charge on any atom is 0.270 e. The van der Waals surface area contributed by atoms with Gasteiger partial charge in [0.15, 0.2) is 0 Å². The van der Waals surface area contributed by atoms with Crippen LogP contribution in [0.15, 0.2) is 73.2 Å². The van der Waals surface area contributed by atoms with Gasteiger partial charge >= 0.3 is 0 Å². The summed E-state index contributed by atoms with van der Waals surface area (Å²) >= 11 is 0. The number of hydrogen-bond donors (Lipinski definition) is 2. The lowest BCUT2D eigenvalue weighted by Crippen LogP contribution is -2.23. The number of nitrogens with one attached hydrogen (secondary N) is 2. The fraction of sp³-hybridized carbons (Fsp3) is 0.0526. The average Bonchev–Trinajstić information content (AvgIpc) is 2.68. The van der Waals surface area contributed by atoms with Crippen molar-refractivity contribution in [1.82, 2.24) is 15.3 Å². The standard InChI is InChI=1S/C19H16N4O2/c24-18(15-6-4-9-20-13-15)23-16-7-3-5-14(11-16)12-22-19(25)17-8-1-2-10-21-17/h1-11,13H,12H2,(H,22,25)(H,23,24). The third kappa shape index (κ3) is 4.48. The Morgan fingerprint density at radius 3 is 2.60 bits per heavy atom. The van der Waals surface area contributed by atoms with Gasteiger partial charge in [-0.15, -0.1) is 0 Å². The minimum Gasteiger partial charge on any atom is -0.347 e. The Kier molecular flexibility index (Phi) is 5.11. The van der Waals surface area contributed by atoms with Gasteiger partial charge in [-0.25, -0.2) is 0 Å². The molecule has 0 aliphatic heterocycles. The van der Waals surface area contributed by atoms with Crippen molar-refractivity contribution in [2.24, 2.45) is 0 Å². The molecule has 2 aromatic heterocycles. The molecule has 124 valence electrons. The summed E-state index contributed by atoms with van der Waals surface area (Å²) in [5.74, 6) is -0.479. The van der Waals surface area contributed by atoms with Crippen LogP contribution in [0.3, 0.4) is 0 Å². The van der Waals surface area contributed by atoms with Crippen LogP contribution in [0.1, 0.15) is 26.4 Å². The zero-order valence-corrected chi connectivity index (χ0v) is 13.3. The zero-order chi connectivity index (χ0) is 17.5. The molecule has 2 heterocycles. The number of carbonyl (C=O) groups excluding carboxylic acids is 2. The van der Waals surface area contributed by atoms with Crippen LogP contribution < -0.4 is 10.6 Å². The molecule has 25 heavy (non-hydrogen) atoms. The Bertz CT molecular complexity index is 867. The molecule has 2 N–H and O–H groups in total. The van der Waals surface area contributed by atoms with Gasteiger partial charge < -0.3 is 10.6 Å². The second-order valence-electron chi connectivity index (χ2n) is 5.29. The van der Waals surface area contributed by atoms with Crippen LogP contribution >= 0.6 is 0 Å². The Morgan fingerprint density at radius 2 is 1.84 bits per heavy atom. The van der Waals surface area contributed by atoms with Crippen molar-refractivity contribution in [1.29, 1.82) is 0 Å². The van der Waals surface area contributed by atoms with Gasteiger partial charge in [-0.1, -0.05) is 18.2 Å². The van der Waals surface area contributed by atoms with Crippen LogP contribution in [0.4, 0.5) is 5.69 Å². The number of nitrogens with zero attached hydrogens (tertiary/aromatic N) is 2. The number of rotatable bonds is 5. The first-order valence-corrected chi connectivity index (χ1v) is 7.72. The first-order chi connectivity index (χ1) is 12.2. The molecule has 3 aromatic rings. The Labute approximate surface area is 145 Å². The van der Waals surface area contributed by atoms with E-state index in [4.69, 9.17) is 0 Å². The van der Waals surface area contributed by atoms with Crippen LogP contribution in [-0.4, -0.2) is 21.8 Å². The molecule has 1 aromatic carbocycles. The van der Waals surface area contributed by atoms with Crippen LogP contribution in [0.5, 0.6) is 0 Å². The van der Waals surface area contributed by atoms with Gasteiger partial charge in [0.25, 0.3) is 11.8 Å². The highest BCUT2D eigenvalue weighted by Gasteiger charge is 2.08. The molecule has 0 fully saturated rings. The molecule has 0 saturated carbocycles. The van der Waals surface area contributed by atoms with Crippen molar-refractivity contribution >= 4 is 17.5 Å². The molecule has 3 rings (SSSR count). The van der Waals surface area contributed by atoms with E-state index in [9.17, 15) is 9.59 Å². The second kappa shape index (κ2) is 7.83. The van der Waals surface area contributed by atoms with E-state index in [1.807, 2.05) is 18.2 Å². The molecule has 6 heteroatoms. The molecule has 0 atom stereocenters. The normalized spacial score (nSPS) is 10.1. The summed E-state index contributed by atoms with van der Waals surface area (Å²) in [6.07, 6.45) is 4.69. The maximum atomic E-state index is 12.1. The van der Waals surface area contributed by atoms with Gasteiger partial charge in [-0.2, -0.15) is 0 Å². The molecule has 6 nitrogen and oxygen atoms in total. The van der Waals surface area contributed by atoms with Gasteiger partial charge in [0.05, 0.1) is 5.56 Å². The highest BCUT2D eigenvalue weighted by Crippen LogP contribution is 2.12. The molecule has 0 spiro atoms. The lowest BCUT2D eigenvalue weighted by molar-refractivity contribution is 0.0945. The number of aromatic nitrogens is 2. The van der Waals surface area contributed by atoms with Crippen LogP contribution in [0, 0.1) is 0 Å². The second-order valence-corrected chi connectivity index (χ2v) is 5.29. The topological polar surface area (TPSA) is 84.0 Å². The van der Waals surface area contributed by atoms with Gasteiger partial charge in [-0.3, -0.25) is 19.6 Å². The fourth-order valence-corrected chi connectivity index (χ4v) is 2.23. The van der Waals surface area contributed by atoms with Gasteiger partial charge in [0, 0.05) is 30.8 Å². The molecular weight excluding hydrogens is 316 g/mol. The maximum absolute atomic E-state index is 12.1. The Morgan fingerprint density at radius 1 is 0.920 bits per heavy atom. The summed E-state index contributed by atoms with van der Waals surface area (Å²) in [5, 5.41) is 5.62. The SMILES string of the molecule is O=C(Nc1cccc(CNC(=O)c2ccccn2)c1)c1cccnc1. The highest BCUT2D eigenvalue weighted by molar-refractivity contribution is 6.04. The van der Waals surface area contributed by atoms with Crippen molar-refractivity contribution in [3.8, 4) is 0 Å². The van der Waals surface area contributed by atoms with Crippen molar-refractivity contribution in [2.45, 2.75) is 6.54 Å². The van der Waals surface area contributed by atoms with Crippen molar-refractivity contribution in [3.05, 3.63) is 90.0 Å². The predicted octanol–water partition coefficient (Wildman–Crippen LogP) is 2.66. The first-order valence-electron chi connectivity index (χ1n) is 7.72. The summed E-state index contributed by atoms with van der Waals surface area (Å²) in [5.41, 5.74) is 2.37. The molecular formula is C19H16N4O2. The Hall–Kier alpha value is -3.54. The summed E-state index contributed by atoms with van der Waals surface area (Å²) in [7, 11) is 0. The van der Waals surface area contributed by atoms with Crippen LogP contribution in [0.25, 0.3) is 0 Å². The lowest BCUT2D eigenvalue weighted by atomic mass is 10.2. The van der Waals surface area contributed by atoms with E-state index in [0.717, 1.165) is 5.56 Å². The number of amides is 2. The number of anilines is 1. The number of pyridine rings is 2. The lowest BCUT2D eigenvalue weighted by Gasteiger charge is -2.08. The smallest absolute Gasteiger partial charge is 0.270 e. The quantitative estimate of drug-likeness (QED) is 0.752. The van der Waals surface area contributed by atoms with E-state index in [-0.39, 0.29) is 11.8 Å². The summed E-state index contributed by atoms with van der Waals surface area (Å²) in [6, 6.07) is 15.9. The van der Waals surface area contributed by atoms with E-state index in [2.05, 4.69) is 20.6 Å². The number of carbonyl (C=O) groups is 2. The molecule has 0 aliphatic carbocycles.